The lowest BCUT2D eigenvalue weighted by Gasteiger charge is -2.18. The summed E-state index contributed by atoms with van der Waals surface area (Å²) in [5.41, 5.74) is 0. The number of esters is 3. The van der Waals surface area contributed by atoms with Crippen molar-refractivity contribution in [1.29, 1.82) is 0 Å². The van der Waals surface area contributed by atoms with Crippen molar-refractivity contribution in [3.63, 3.8) is 0 Å². The van der Waals surface area contributed by atoms with E-state index in [0.29, 0.717) is 19.3 Å². The van der Waals surface area contributed by atoms with E-state index in [1.165, 1.54) is 38.5 Å². The largest absolute Gasteiger partial charge is 0.462 e. The summed E-state index contributed by atoms with van der Waals surface area (Å²) in [5, 5.41) is 0. The molecule has 0 heterocycles. The van der Waals surface area contributed by atoms with E-state index in [4.69, 9.17) is 14.2 Å². The van der Waals surface area contributed by atoms with Crippen molar-refractivity contribution in [1.82, 2.24) is 0 Å². The minimum atomic E-state index is -0.835. The van der Waals surface area contributed by atoms with Crippen LogP contribution < -0.4 is 0 Å². The van der Waals surface area contributed by atoms with Crippen LogP contribution in [0.1, 0.15) is 213 Å². The zero-order chi connectivity index (χ0) is 50.0. The molecule has 0 aromatic heterocycles. The second-order valence-corrected chi connectivity index (χ2v) is 17.4. The maximum atomic E-state index is 12.8. The Labute approximate surface area is 423 Å². The molecule has 0 radical (unpaired) electrons. The third kappa shape index (κ3) is 54.1. The molecule has 0 spiro atoms. The maximum Gasteiger partial charge on any atom is 0.306 e. The van der Waals surface area contributed by atoms with E-state index in [-0.39, 0.29) is 44.0 Å². The van der Waals surface area contributed by atoms with Gasteiger partial charge in [-0.15, -0.1) is 0 Å². The molecule has 0 bridgehead atoms. The molecule has 0 fully saturated rings. The molecule has 6 heteroatoms. The SMILES string of the molecule is CC/C=C\C/C=C\C/C=C\C/C=C\C/C=C\C/C=C\CCCCC(=O)OCC(COC(=O)CCCCCCC/C=C\CCCCCC)OC(=O)CCC/C=C\C/C=C\C/C=C\C/C=C\C/C=C\CC. The monoisotopic (exact) mass is 951 g/mol. The van der Waals surface area contributed by atoms with Gasteiger partial charge in [-0.3, -0.25) is 14.4 Å². The summed E-state index contributed by atoms with van der Waals surface area (Å²) in [4.78, 5) is 38.1. The molecule has 0 N–H and O–H groups in total. The van der Waals surface area contributed by atoms with Gasteiger partial charge in [-0.25, -0.2) is 0 Å². The van der Waals surface area contributed by atoms with E-state index >= 15 is 0 Å². The molecular weight excluding hydrogens is 853 g/mol. The van der Waals surface area contributed by atoms with Crippen LogP contribution in [0.4, 0.5) is 0 Å². The lowest BCUT2D eigenvalue weighted by molar-refractivity contribution is -0.167. The molecular formula is C63H98O6. The topological polar surface area (TPSA) is 78.9 Å². The quantitative estimate of drug-likeness (QED) is 0.0262. The molecule has 0 aromatic carbocycles. The standard InChI is InChI=1S/C63H98O6/c1-4-7-10-13-16-19-22-25-27-29-30-31-32-34-35-38-41-44-47-50-53-56-62(65)68-59-60(58-67-61(64)55-52-49-46-43-40-37-24-21-18-15-12-9-6-3)69-63(66)57-54-51-48-45-42-39-36-33-28-26-23-20-17-14-11-8-5-2/h7-8,10-11,16-17,19-21,24-28,30-31,34-36,39,41,44-45,48,60H,4-6,9,12-15,18,22-23,29,32-33,37-38,40,42-43,46-47,49-59H2,1-3H3/b10-7-,11-8-,19-16-,20-17-,24-21-,27-25-,28-26-,31-30-,35-34-,39-36-,44-41-,48-45-. The van der Waals surface area contributed by atoms with Crippen molar-refractivity contribution in [3.8, 4) is 0 Å². The second kappa shape index (κ2) is 55.9. The van der Waals surface area contributed by atoms with E-state index in [9.17, 15) is 14.4 Å². The molecule has 0 aromatic rings. The Kier molecular flexibility index (Phi) is 52.1. The number of rotatable bonds is 47. The minimum Gasteiger partial charge on any atom is -0.462 e. The van der Waals surface area contributed by atoms with Crippen LogP contribution in [-0.4, -0.2) is 37.2 Å². The lowest BCUT2D eigenvalue weighted by Crippen LogP contribution is -2.30. The summed E-state index contributed by atoms with van der Waals surface area (Å²) >= 11 is 0. The van der Waals surface area contributed by atoms with E-state index in [1.54, 1.807) is 0 Å². The molecule has 0 amide bonds. The Morgan fingerprint density at radius 2 is 0.580 bits per heavy atom. The highest BCUT2D eigenvalue weighted by Gasteiger charge is 2.19. The van der Waals surface area contributed by atoms with Gasteiger partial charge in [-0.05, 0) is 135 Å². The van der Waals surface area contributed by atoms with Crippen LogP contribution in [0, 0.1) is 0 Å². The second-order valence-electron chi connectivity index (χ2n) is 17.4. The minimum absolute atomic E-state index is 0.125. The van der Waals surface area contributed by atoms with Crippen LogP contribution in [0.5, 0.6) is 0 Å². The van der Waals surface area contributed by atoms with Gasteiger partial charge in [0.15, 0.2) is 6.10 Å². The lowest BCUT2D eigenvalue weighted by atomic mass is 10.1. The zero-order valence-electron chi connectivity index (χ0n) is 44.0. The number of ether oxygens (including phenoxy) is 3. The van der Waals surface area contributed by atoms with Gasteiger partial charge in [0.05, 0.1) is 0 Å². The Balaban J connectivity index is 4.58. The Morgan fingerprint density at radius 1 is 0.304 bits per heavy atom. The van der Waals surface area contributed by atoms with Crippen LogP contribution >= 0.6 is 0 Å². The zero-order valence-corrected chi connectivity index (χ0v) is 44.0. The molecule has 69 heavy (non-hydrogen) atoms. The predicted molar refractivity (Wildman–Crippen MR) is 297 cm³/mol. The Morgan fingerprint density at radius 3 is 0.971 bits per heavy atom. The summed E-state index contributed by atoms with van der Waals surface area (Å²) in [7, 11) is 0. The van der Waals surface area contributed by atoms with Crippen LogP contribution in [-0.2, 0) is 28.6 Å². The molecule has 0 rings (SSSR count). The van der Waals surface area contributed by atoms with Crippen LogP contribution in [0.25, 0.3) is 0 Å². The van der Waals surface area contributed by atoms with Crippen molar-refractivity contribution in [2.45, 2.75) is 219 Å². The number of hydrogen-bond donors (Lipinski definition) is 0. The van der Waals surface area contributed by atoms with Gasteiger partial charge in [0, 0.05) is 19.3 Å². The first-order valence-electron chi connectivity index (χ1n) is 27.3. The van der Waals surface area contributed by atoms with Crippen LogP contribution in [0.15, 0.2) is 146 Å². The first-order valence-corrected chi connectivity index (χ1v) is 27.3. The van der Waals surface area contributed by atoms with Gasteiger partial charge in [0.2, 0.25) is 0 Å². The highest BCUT2D eigenvalue weighted by molar-refractivity contribution is 5.71. The fourth-order valence-corrected chi connectivity index (χ4v) is 6.77. The van der Waals surface area contributed by atoms with Gasteiger partial charge in [-0.1, -0.05) is 205 Å². The number of carbonyl (C=O) groups is 3. The molecule has 386 valence electrons. The van der Waals surface area contributed by atoms with Gasteiger partial charge in [0.25, 0.3) is 0 Å². The molecule has 1 unspecified atom stereocenters. The van der Waals surface area contributed by atoms with Gasteiger partial charge in [-0.2, -0.15) is 0 Å². The maximum absolute atomic E-state index is 12.8. The first kappa shape index (κ1) is 64.3. The molecule has 0 aliphatic heterocycles. The number of allylic oxidation sites excluding steroid dienone is 24. The van der Waals surface area contributed by atoms with Gasteiger partial charge in [0.1, 0.15) is 13.2 Å². The summed E-state index contributed by atoms with van der Waals surface area (Å²) in [6.45, 7) is 6.28. The summed E-state index contributed by atoms with van der Waals surface area (Å²) in [6, 6.07) is 0. The van der Waals surface area contributed by atoms with Crippen molar-refractivity contribution in [2.24, 2.45) is 0 Å². The fourth-order valence-electron chi connectivity index (χ4n) is 6.77. The Bertz CT molecular complexity index is 1560. The summed E-state index contributed by atoms with van der Waals surface area (Å²) in [6.07, 6.45) is 79.8. The summed E-state index contributed by atoms with van der Waals surface area (Å²) < 4.78 is 16.7. The molecule has 1 atom stereocenters. The van der Waals surface area contributed by atoms with Crippen molar-refractivity contribution >= 4 is 17.9 Å². The number of unbranched alkanes of at least 4 members (excludes halogenated alkanes) is 12. The molecule has 0 saturated carbocycles. The van der Waals surface area contributed by atoms with Crippen molar-refractivity contribution in [3.05, 3.63) is 146 Å². The third-order valence-corrected chi connectivity index (χ3v) is 10.8. The van der Waals surface area contributed by atoms with E-state index < -0.39 is 6.10 Å². The average Bonchev–Trinajstić information content (AvgIpc) is 3.35. The molecule has 0 aliphatic carbocycles. The van der Waals surface area contributed by atoms with Crippen molar-refractivity contribution < 1.29 is 28.6 Å². The highest BCUT2D eigenvalue weighted by atomic mass is 16.6. The van der Waals surface area contributed by atoms with Crippen LogP contribution in [0.3, 0.4) is 0 Å². The van der Waals surface area contributed by atoms with E-state index in [1.807, 2.05) is 0 Å². The fraction of sp³-hybridized carbons (Fsp3) is 0.571. The van der Waals surface area contributed by atoms with E-state index in [0.717, 1.165) is 122 Å². The first-order chi connectivity index (χ1) is 34.0. The van der Waals surface area contributed by atoms with E-state index in [2.05, 4.69) is 167 Å². The number of carbonyl (C=O) groups excluding carboxylic acids is 3. The summed E-state index contributed by atoms with van der Waals surface area (Å²) in [5.74, 6) is -1.05. The van der Waals surface area contributed by atoms with Crippen molar-refractivity contribution in [2.75, 3.05) is 13.2 Å². The normalized spacial score (nSPS) is 13.3. The smallest absolute Gasteiger partial charge is 0.306 e. The third-order valence-electron chi connectivity index (χ3n) is 10.8. The Hall–Kier alpha value is -4.71. The average molecular weight is 951 g/mol. The molecule has 6 nitrogen and oxygen atoms in total. The molecule has 0 aliphatic rings. The molecule has 0 saturated heterocycles. The van der Waals surface area contributed by atoms with Gasteiger partial charge >= 0.3 is 17.9 Å². The highest BCUT2D eigenvalue weighted by Crippen LogP contribution is 2.12. The number of hydrogen-bond acceptors (Lipinski definition) is 6. The van der Waals surface area contributed by atoms with Gasteiger partial charge < -0.3 is 14.2 Å². The predicted octanol–water partition coefficient (Wildman–Crippen LogP) is 18.4. The van der Waals surface area contributed by atoms with Crippen LogP contribution in [0.2, 0.25) is 0 Å².